The van der Waals surface area contributed by atoms with Gasteiger partial charge in [-0.15, -0.1) is 0 Å². The number of nitrogens with zero attached hydrogens (tertiary/aromatic N) is 1. The van der Waals surface area contributed by atoms with Crippen molar-refractivity contribution >= 4 is 17.5 Å². The summed E-state index contributed by atoms with van der Waals surface area (Å²) < 4.78 is 0. The molecule has 104 valence electrons. The summed E-state index contributed by atoms with van der Waals surface area (Å²) >= 11 is 0. The molecule has 0 radical (unpaired) electrons. The topological polar surface area (TPSA) is 37.4 Å². The number of rotatable bonds is 1. The van der Waals surface area contributed by atoms with E-state index in [9.17, 15) is 9.59 Å². The zero-order valence-corrected chi connectivity index (χ0v) is 11.9. The molecule has 1 aromatic rings. The quantitative estimate of drug-likeness (QED) is 0.735. The molecule has 2 amide bonds. The monoisotopic (exact) mass is 269 g/mol. The number of carbonyl (C=O) groups is 2. The second-order valence-corrected chi connectivity index (χ2v) is 6.69. The van der Waals surface area contributed by atoms with Gasteiger partial charge in [-0.3, -0.25) is 9.59 Å². The van der Waals surface area contributed by atoms with Crippen molar-refractivity contribution in [2.45, 2.75) is 33.1 Å². The Kier molecular flexibility index (Phi) is 2.39. The molecule has 3 fully saturated rings. The molecule has 0 spiro atoms. The van der Waals surface area contributed by atoms with E-state index in [0.29, 0.717) is 11.8 Å². The van der Waals surface area contributed by atoms with Crippen LogP contribution in [0.2, 0.25) is 0 Å². The highest BCUT2D eigenvalue weighted by Crippen LogP contribution is 2.56. The van der Waals surface area contributed by atoms with Crippen molar-refractivity contribution in [1.29, 1.82) is 0 Å². The van der Waals surface area contributed by atoms with Gasteiger partial charge >= 0.3 is 0 Å². The van der Waals surface area contributed by atoms with Crippen LogP contribution in [-0.2, 0) is 9.59 Å². The van der Waals surface area contributed by atoms with Crippen molar-refractivity contribution in [1.82, 2.24) is 0 Å². The highest BCUT2D eigenvalue weighted by atomic mass is 16.2. The number of carbonyl (C=O) groups excluding carboxylic acids is 2. The number of amides is 2. The molecule has 1 heterocycles. The molecule has 1 aromatic carbocycles. The lowest BCUT2D eigenvalue weighted by atomic mass is 9.81. The maximum absolute atomic E-state index is 12.7. The molecular weight excluding hydrogens is 250 g/mol. The van der Waals surface area contributed by atoms with Gasteiger partial charge < -0.3 is 0 Å². The second kappa shape index (κ2) is 3.94. The van der Waals surface area contributed by atoms with E-state index in [2.05, 4.69) is 0 Å². The van der Waals surface area contributed by atoms with E-state index in [-0.39, 0.29) is 23.7 Å². The van der Waals surface area contributed by atoms with Gasteiger partial charge in [0.2, 0.25) is 11.8 Å². The van der Waals surface area contributed by atoms with Gasteiger partial charge in [0.25, 0.3) is 0 Å². The third kappa shape index (κ3) is 1.41. The fourth-order valence-corrected chi connectivity index (χ4v) is 4.70. The summed E-state index contributed by atoms with van der Waals surface area (Å²) in [7, 11) is 0. The highest BCUT2D eigenvalue weighted by Gasteiger charge is 2.61. The molecule has 0 aromatic heterocycles. The van der Waals surface area contributed by atoms with E-state index < -0.39 is 0 Å². The summed E-state index contributed by atoms with van der Waals surface area (Å²) in [5.74, 6) is 0.969. The zero-order valence-electron chi connectivity index (χ0n) is 11.9. The minimum atomic E-state index is -0.0260. The van der Waals surface area contributed by atoms with Crippen molar-refractivity contribution in [2.24, 2.45) is 23.7 Å². The van der Waals surface area contributed by atoms with Crippen molar-refractivity contribution in [3.05, 3.63) is 29.3 Å². The number of anilines is 1. The fourth-order valence-electron chi connectivity index (χ4n) is 4.70. The summed E-state index contributed by atoms with van der Waals surface area (Å²) in [6, 6.07) is 5.94. The minimum absolute atomic E-state index is 0.0260. The Balaban J connectivity index is 1.77. The molecule has 1 aliphatic heterocycles. The van der Waals surface area contributed by atoms with E-state index in [1.807, 2.05) is 32.0 Å². The first-order valence-electron chi connectivity index (χ1n) is 7.53. The zero-order chi connectivity index (χ0) is 14.0. The van der Waals surface area contributed by atoms with Crippen molar-refractivity contribution in [3.63, 3.8) is 0 Å². The van der Waals surface area contributed by atoms with Gasteiger partial charge in [-0.25, -0.2) is 4.90 Å². The molecule has 4 rings (SSSR count). The van der Waals surface area contributed by atoms with Crippen LogP contribution in [0.25, 0.3) is 0 Å². The van der Waals surface area contributed by atoms with Gasteiger partial charge in [0.1, 0.15) is 0 Å². The molecule has 1 saturated heterocycles. The fraction of sp³-hybridized carbons (Fsp3) is 0.529. The van der Waals surface area contributed by atoms with Gasteiger partial charge in [0.15, 0.2) is 0 Å². The number of hydrogen-bond donors (Lipinski definition) is 0. The Morgan fingerprint density at radius 1 is 1.00 bits per heavy atom. The van der Waals surface area contributed by atoms with Crippen LogP contribution >= 0.6 is 0 Å². The Bertz CT molecular complexity index is 593. The standard InChI is InChI=1S/C17H19NO2/c1-9-3-6-13(10(2)7-9)18-16(19)14-11-4-5-12(8-11)15(14)17(18)20/h3,6-7,11-12,14-15H,4-5,8H2,1-2H3/t11-,12-,14-,15+/m0/s1. The molecule has 20 heavy (non-hydrogen) atoms. The third-order valence-corrected chi connectivity index (χ3v) is 5.52. The van der Waals surface area contributed by atoms with Gasteiger partial charge in [-0.05, 0) is 56.6 Å². The summed E-state index contributed by atoms with van der Waals surface area (Å²) in [6.45, 7) is 4.00. The van der Waals surface area contributed by atoms with Crippen LogP contribution in [0.4, 0.5) is 5.69 Å². The molecule has 2 saturated carbocycles. The molecule has 0 N–H and O–H groups in total. The van der Waals surface area contributed by atoms with Crippen LogP contribution in [0.3, 0.4) is 0 Å². The smallest absolute Gasteiger partial charge is 0.237 e. The molecule has 3 nitrogen and oxygen atoms in total. The SMILES string of the molecule is Cc1ccc(N2C(=O)[C@@H]3[C@H]4CC[C@@H](C4)[C@@H]3C2=O)c(C)c1. The molecule has 2 aliphatic carbocycles. The van der Waals surface area contributed by atoms with Crippen LogP contribution in [0.5, 0.6) is 0 Å². The molecule has 2 bridgehead atoms. The van der Waals surface area contributed by atoms with Crippen LogP contribution in [0.15, 0.2) is 18.2 Å². The highest BCUT2D eigenvalue weighted by molar-refractivity contribution is 6.22. The first-order chi connectivity index (χ1) is 9.58. The average Bonchev–Trinajstić information content (AvgIpc) is 3.06. The van der Waals surface area contributed by atoms with E-state index in [1.54, 1.807) is 0 Å². The predicted molar refractivity (Wildman–Crippen MR) is 76.2 cm³/mol. The number of fused-ring (bicyclic) bond motifs is 5. The van der Waals surface area contributed by atoms with Gasteiger partial charge in [-0.2, -0.15) is 0 Å². The Labute approximate surface area is 119 Å². The van der Waals surface area contributed by atoms with Gasteiger partial charge in [0.05, 0.1) is 17.5 Å². The van der Waals surface area contributed by atoms with Crippen molar-refractivity contribution in [2.75, 3.05) is 4.90 Å². The lowest BCUT2D eigenvalue weighted by Gasteiger charge is -2.19. The van der Waals surface area contributed by atoms with E-state index >= 15 is 0 Å². The van der Waals surface area contributed by atoms with Crippen LogP contribution in [-0.4, -0.2) is 11.8 Å². The van der Waals surface area contributed by atoms with Crippen LogP contribution in [0, 0.1) is 37.5 Å². The Hall–Kier alpha value is -1.64. The largest absolute Gasteiger partial charge is 0.274 e. The normalized spacial score (nSPS) is 35.0. The first-order valence-corrected chi connectivity index (χ1v) is 7.53. The molecule has 3 aliphatic rings. The van der Waals surface area contributed by atoms with E-state index in [1.165, 1.54) is 4.90 Å². The summed E-state index contributed by atoms with van der Waals surface area (Å²) in [4.78, 5) is 26.9. The van der Waals surface area contributed by atoms with E-state index in [0.717, 1.165) is 36.1 Å². The van der Waals surface area contributed by atoms with E-state index in [4.69, 9.17) is 0 Å². The van der Waals surface area contributed by atoms with Gasteiger partial charge in [0, 0.05) is 0 Å². The molecule has 4 atom stereocenters. The summed E-state index contributed by atoms with van der Waals surface area (Å²) in [5, 5.41) is 0. The number of benzene rings is 1. The van der Waals surface area contributed by atoms with Crippen molar-refractivity contribution in [3.8, 4) is 0 Å². The summed E-state index contributed by atoms with van der Waals surface area (Å²) in [6.07, 6.45) is 3.35. The maximum atomic E-state index is 12.7. The lowest BCUT2D eigenvalue weighted by Crippen LogP contribution is -2.33. The Morgan fingerprint density at radius 2 is 1.60 bits per heavy atom. The minimum Gasteiger partial charge on any atom is -0.274 e. The third-order valence-electron chi connectivity index (χ3n) is 5.52. The maximum Gasteiger partial charge on any atom is 0.237 e. The first kappa shape index (κ1) is 12.1. The summed E-state index contributed by atoms with van der Waals surface area (Å²) in [5.41, 5.74) is 2.96. The number of aryl methyl sites for hydroxylation is 2. The second-order valence-electron chi connectivity index (χ2n) is 6.69. The van der Waals surface area contributed by atoms with Crippen molar-refractivity contribution < 1.29 is 9.59 Å². The molecule has 3 heteroatoms. The Morgan fingerprint density at radius 3 is 2.15 bits per heavy atom. The lowest BCUT2D eigenvalue weighted by molar-refractivity contribution is -0.123. The van der Waals surface area contributed by atoms with Crippen LogP contribution in [0.1, 0.15) is 30.4 Å². The number of hydrogen-bond acceptors (Lipinski definition) is 2. The molecule has 0 unspecified atom stereocenters. The van der Waals surface area contributed by atoms with Gasteiger partial charge in [-0.1, -0.05) is 17.7 Å². The average molecular weight is 269 g/mol. The number of imide groups is 1. The molecular formula is C17H19NO2. The predicted octanol–water partition coefficient (Wildman–Crippen LogP) is 2.84. The van der Waals surface area contributed by atoms with Crippen LogP contribution < -0.4 is 4.90 Å².